The summed E-state index contributed by atoms with van der Waals surface area (Å²) in [7, 11) is 0. The number of ether oxygens (including phenoxy) is 1. The van der Waals surface area contributed by atoms with E-state index in [1.54, 1.807) is 0 Å². The van der Waals surface area contributed by atoms with E-state index in [1.807, 2.05) is 0 Å². The number of carboxylic acids is 2. The van der Waals surface area contributed by atoms with Gasteiger partial charge in [-0.25, -0.2) is 9.59 Å². The predicted octanol–water partition coefficient (Wildman–Crippen LogP) is 3.37. The molecular weight excluding hydrogens is 318 g/mol. The minimum absolute atomic E-state index is 0.198. The molecule has 0 spiro atoms. The summed E-state index contributed by atoms with van der Waals surface area (Å²) in [5, 5.41) is 16.7. The molecule has 0 aromatic heterocycles. The molecule has 19 heavy (non-hydrogen) atoms. The Morgan fingerprint density at radius 1 is 1.16 bits per heavy atom. The zero-order chi connectivity index (χ0) is 15.0. The third-order valence-corrected chi connectivity index (χ3v) is 2.52. The Hall–Kier alpha value is -1.43. The van der Waals surface area contributed by atoms with Crippen LogP contribution in [0.5, 0.6) is 5.75 Å². The van der Waals surface area contributed by atoms with Crippen LogP contribution in [0.15, 0.2) is 24.8 Å². The molecule has 0 saturated heterocycles. The lowest BCUT2D eigenvalue weighted by molar-refractivity contribution is -0.139. The average molecular weight is 328 g/mol. The van der Waals surface area contributed by atoms with Crippen LogP contribution in [0.3, 0.4) is 0 Å². The highest BCUT2D eigenvalue weighted by molar-refractivity contribution is 6.43. The van der Waals surface area contributed by atoms with E-state index in [4.69, 9.17) is 49.8 Å². The van der Waals surface area contributed by atoms with Crippen LogP contribution >= 0.6 is 34.8 Å². The van der Waals surface area contributed by atoms with Crippen molar-refractivity contribution in [3.05, 3.63) is 39.9 Å². The SMILES string of the molecule is C=CC(=O)O.O=C(O)COc1cc(Cl)c(Cl)cc1Cl. The third-order valence-electron chi connectivity index (χ3n) is 1.50. The number of halogens is 3. The molecule has 0 amide bonds. The lowest BCUT2D eigenvalue weighted by Crippen LogP contribution is -2.09. The summed E-state index contributed by atoms with van der Waals surface area (Å²) < 4.78 is 4.86. The van der Waals surface area contributed by atoms with Gasteiger partial charge in [-0.1, -0.05) is 41.4 Å². The minimum atomic E-state index is -1.09. The maximum atomic E-state index is 10.2. The molecule has 2 N–H and O–H groups in total. The number of hydrogen-bond donors (Lipinski definition) is 2. The van der Waals surface area contributed by atoms with Crippen molar-refractivity contribution >= 4 is 46.7 Å². The van der Waals surface area contributed by atoms with Crippen molar-refractivity contribution in [3.63, 3.8) is 0 Å². The Balaban J connectivity index is 0.000000555. The maximum Gasteiger partial charge on any atom is 0.341 e. The van der Waals surface area contributed by atoms with Crippen LogP contribution in [0.2, 0.25) is 15.1 Å². The number of hydrogen-bond acceptors (Lipinski definition) is 3. The molecule has 0 heterocycles. The first-order valence-electron chi connectivity index (χ1n) is 4.62. The molecule has 0 unspecified atom stereocenters. The highest BCUT2D eigenvalue weighted by Gasteiger charge is 2.08. The van der Waals surface area contributed by atoms with Gasteiger partial charge in [-0.05, 0) is 6.07 Å². The predicted molar refractivity (Wildman–Crippen MR) is 72.4 cm³/mol. The fourth-order valence-electron chi connectivity index (χ4n) is 0.754. The average Bonchev–Trinajstić information content (AvgIpc) is 2.32. The van der Waals surface area contributed by atoms with E-state index in [-0.39, 0.29) is 15.8 Å². The highest BCUT2D eigenvalue weighted by atomic mass is 35.5. The number of benzene rings is 1. The van der Waals surface area contributed by atoms with E-state index < -0.39 is 18.5 Å². The summed E-state index contributed by atoms with van der Waals surface area (Å²) in [4.78, 5) is 19.5. The van der Waals surface area contributed by atoms with Gasteiger partial charge in [0, 0.05) is 12.1 Å². The Morgan fingerprint density at radius 2 is 1.63 bits per heavy atom. The monoisotopic (exact) mass is 326 g/mol. The second-order valence-corrected chi connectivity index (χ2v) is 4.14. The van der Waals surface area contributed by atoms with Gasteiger partial charge in [-0.15, -0.1) is 0 Å². The molecule has 1 aromatic rings. The fourth-order valence-corrected chi connectivity index (χ4v) is 1.35. The van der Waals surface area contributed by atoms with Crippen LogP contribution in [0, 0.1) is 0 Å². The minimum Gasteiger partial charge on any atom is -0.480 e. The van der Waals surface area contributed by atoms with Gasteiger partial charge < -0.3 is 14.9 Å². The van der Waals surface area contributed by atoms with Crippen molar-refractivity contribution in [2.75, 3.05) is 6.61 Å². The summed E-state index contributed by atoms with van der Waals surface area (Å²) in [5.74, 6) is -1.87. The van der Waals surface area contributed by atoms with E-state index in [0.717, 1.165) is 6.08 Å². The topological polar surface area (TPSA) is 83.8 Å². The second-order valence-electron chi connectivity index (χ2n) is 2.92. The van der Waals surface area contributed by atoms with Gasteiger partial charge in [0.05, 0.1) is 15.1 Å². The van der Waals surface area contributed by atoms with Crippen LogP contribution in [-0.4, -0.2) is 28.8 Å². The van der Waals surface area contributed by atoms with Crippen LogP contribution in [0.25, 0.3) is 0 Å². The van der Waals surface area contributed by atoms with Gasteiger partial charge in [0.15, 0.2) is 6.61 Å². The zero-order valence-electron chi connectivity index (χ0n) is 9.40. The Kier molecular flexibility index (Phi) is 7.98. The molecule has 8 heteroatoms. The summed E-state index contributed by atoms with van der Waals surface area (Å²) in [6.45, 7) is 2.49. The van der Waals surface area contributed by atoms with E-state index in [2.05, 4.69) is 6.58 Å². The van der Waals surface area contributed by atoms with Gasteiger partial charge in [-0.2, -0.15) is 0 Å². The molecule has 104 valence electrons. The Bertz CT molecular complexity index is 487. The lowest BCUT2D eigenvalue weighted by atomic mass is 10.3. The number of rotatable bonds is 4. The highest BCUT2D eigenvalue weighted by Crippen LogP contribution is 2.33. The normalized spacial score (nSPS) is 9.00. The quantitative estimate of drug-likeness (QED) is 0.654. The van der Waals surface area contributed by atoms with Crippen LogP contribution in [0.4, 0.5) is 0 Å². The maximum absolute atomic E-state index is 10.2. The molecule has 0 saturated carbocycles. The smallest absolute Gasteiger partial charge is 0.341 e. The summed E-state index contributed by atoms with van der Waals surface area (Å²) in [6.07, 6.45) is 0.833. The van der Waals surface area contributed by atoms with Crippen molar-refractivity contribution in [2.45, 2.75) is 0 Å². The van der Waals surface area contributed by atoms with Crippen LogP contribution < -0.4 is 4.74 Å². The van der Waals surface area contributed by atoms with Crippen LogP contribution in [0.1, 0.15) is 0 Å². The summed E-state index contributed by atoms with van der Waals surface area (Å²) in [6, 6.07) is 2.76. The van der Waals surface area contributed by atoms with E-state index in [9.17, 15) is 9.59 Å². The third kappa shape index (κ3) is 7.56. The van der Waals surface area contributed by atoms with Gasteiger partial charge in [0.1, 0.15) is 5.75 Å². The number of aliphatic carboxylic acids is 2. The zero-order valence-corrected chi connectivity index (χ0v) is 11.7. The van der Waals surface area contributed by atoms with Crippen molar-refractivity contribution in [1.29, 1.82) is 0 Å². The second kappa shape index (κ2) is 8.63. The van der Waals surface area contributed by atoms with Crippen molar-refractivity contribution < 1.29 is 24.5 Å². The molecule has 5 nitrogen and oxygen atoms in total. The van der Waals surface area contributed by atoms with Crippen LogP contribution in [-0.2, 0) is 9.59 Å². The van der Waals surface area contributed by atoms with E-state index in [1.165, 1.54) is 12.1 Å². The molecule has 1 aromatic carbocycles. The molecule has 0 aliphatic heterocycles. The molecule has 0 atom stereocenters. The van der Waals surface area contributed by atoms with E-state index >= 15 is 0 Å². The number of carboxylic acid groups (broad SMARTS) is 2. The first-order valence-corrected chi connectivity index (χ1v) is 5.75. The Morgan fingerprint density at radius 3 is 2.05 bits per heavy atom. The molecule has 0 aliphatic rings. The van der Waals surface area contributed by atoms with Crippen molar-refractivity contribution in [2.24, 2.45) is 0 Å². The van der Waals surface area contributed by atoms with Gasteiger partial charge in [0.25, 0.3) is 0 Å². The molecular formula is C11H9Cl3O5. The lowest BCUT2D eigenvalue weighted by Gasteiger charge is -2.06. The van der Waals surface area contributed by atoms with E-state index in [0.29, 0.717) is 5.02 Å². The molecule has 0 aliphatic carbocycles. The van der Waals surface area contributed by atoms with Gasteiger partial charge in [0.2, 0.25) is 0 Å². The molecule has 1 rings (SSSR count). The van der Waals surface area contributed by atoms with Gasteiger partial charge >= 0.3 is 11.9 Å². The standard InChI is InChI=1S/C8H5Cl3O3.C3H4O2/c9-4-1-6(11)7(2-5(4)10)14-3-8(12)13;1-2-3(4)5/h1-2H,3H2,(H,12,13);2H,1H2,(H,4,5). The fraction of sp³-hybridized carbons (Fsp3) is 0.0909. The first kappa shape index (κ1) is 17.6. The first-order chi connectivity index (χ1) is 8.77. The summed E-state index contributed by atoms with van der Waals surface area (Å²) >= 11 is 17.1. The molecule has 0 radical (unpaired) electrons. The van der Waals surface area contributed by atoms with Crippen molar-refractivity contribution in [3.8, 4) is 5.75 Å². The van der Waals surface area contributed by atoms with Crippen molar-refractivity contribution in [1.82, 2.24) is 0 Å². The molecule has 0 bridgehead atoms. The summed E-state index contributed by atoms with van der Waals surface area (Å²) in [5.41, 5.74) is 0. The number of carbonyl (C=O) groups is 2. The van der Waals surface area contributed by atoms with Gasteiger partial charge in [-0.3, -0.25) is 0 Å². The molecule has 0 fully saturated rings. The largest absolute Gasteiger partial charge is 0.480 e. The Labute approximate surface area is 124 Å².